The minimum Gasteiger partial charge on any atom is -0.496 e. The van der Waals surface area contributed by atoms with Crippen molar-refractivity contribution in [3.8, 4) is 11.5 Å². The molecule has 36 heavy (non-hydrogen) atoms. The lowest BCUT2D eigenvalue weighted by molar-refractivity contribution is 0.0671. The summed E-state index contributed by atoms with van der Waals surface area (Å²) in [6.45, 7) is 2.57. The minimum absolute atomic E-state index is 0.0204. The second kappa shape index (κ2) is 10.2. The number of halogens is 1. The van der Waals surface area contributed by atoms with E-state index in [-0.39, 0.29) is 23.6 Å². The van der Waals surface area contributed by atoms with Gasteiger partial charge in [0, 0.05) is 29.8 Å². The standard InChI is InChI=1S/C28H29ClN4O3/c1-4-32-17-22(29)26(30-32)28(34)33-27(20-12-6-8-15-24(20)36-3)21-13-9-11-19(25(21)31-33)16-18-10-5-7-14-23(18)35-2/h5-8,10,12,14-17,21,27H,4,9,11,13H2,1-3H3/b19-16-. The molecule has 0 saturated heterocycles. The molecule has 8 heteroatoms. The van der Waals surface area contributed by atoms with Crippen LogP contribution < -0.4 is 9.47 Å². The van der Waals surface area contributed by atoms with Crippen molar-refractivity contribution in [3.63, 3.8) is 0 Å². The number of rotatable bonds is 6. The van der Waals surface area contributed by atoms with E-state index in [0.717, 1.165) is 53.2 Å². The van der Waals surface area contributed by atoms with Gasteiger partial charge in [0.25, 0.3) is 5.91 Å². The largest absolute Gasteiger partial charge is 0.496 e. The summed E-state index contributed by atoms with van der Waals surface area (Å²) in [4.78, 5) is 13.9. The molecule has 1 saturated carbocycles. The topological polar surface area (TPSA) is 69.0 Å². The van der Waals surface area contributed by atoms with E-state index in [1.165, 1.54) is 0 Å². The monoisotopic (exact) mass is 504 g/mol. The van der Waals surface area contributed by atoms with Crippen LogP contribution in [-0.2, 0) is 6.54 Å². The zero-order chi connectivity index (χ0) is 25.2. The third kappa shape index (κ3) is 4.28. The fourth-order valence-corrected chi connectivity index (χ4v) is 5.40. The van der Waals surface area contributed by atoms with E-state index in [2.05, 4.69) is 11.2 Å². The number of nitrogens with zero attached hydrogens (tertiary/aromatic N) is 4. The molecular weight excluding hydrogens is 476 g/mol. The van der Waals surface area contributed by atoms with Crippen molar-refractivity contribution in [1.29, 1.82) is 0 Å². The Morgan fingerprint density at radius 2 is 1.83 bits per heavy atom. The molecule has 1 aliphatic carbocycles. The lowest BCUT2D eigenvalue weighted by atomic mass is 9.77. The molecule has 0 radical (unpaired) electrons. The van der Waals surface area contributed by atoms with Gasteiger partial charge in [-0.3, -0.25) is 9.48 Å². The van der Waals surface area contributed by atoms with Gasteiger partial charge in [-0.05, 0) is 50.0 Å². The summed E-state index contributed by atoms with van der Waals surface area (Å²) < 4.78 is 12.9. The van der Waals surface area contributed by atoms with Crippen LogP contribution >= 0.6 is 11.6 Å². The molecule has 2 aliphatic rings. The van der Waals surface area contributed by atoms with E-state index in [1.54, 1.807) is 30.1 Å². The number of methoxy groups -OCH3 is 2. The van der Waals surface area contributed by atoms with Crippen molar-refractivity contribution < 1.29 is 14.3 Å². The Morgan fingerprint density at radius 3 is 2.56 bits per heavy atom. The van der Waals surface area contributed by atoms with Crippen molar-refractivity contribution in [1.82, 2.24) is 14.8 Å². The number of allylic oxidation sites excluding steroid dienone is 1. The molecule has 1 aromatic heterocycles. The van der Waals surface area contributed by atoms with E-state index in [1.807, 2.05) is 55.5 Å². The average molecular weight is 505 g/mol. The third-order valence-corrected chi connectivity index (χ3v) is 7.16. The maximum absolute atomic E-state index is 13.9. The quantitative estimate of drug-likeness (QED) is 0.412. The molecule has 2 unspecified atom stereocenters. The molecule has 3 aromatic rings. The fraction of sp³-hybridized carbons (Fsp3) is 0.321. The first-order valence-corrected chi connectivity index (χ1v) is 12.5. The van der Waals surface area contributed by atoms with Crippen LogP contribution in [0.2, 0.25) is 5.02 Å². The van der Waals surface area contributed by atoms with Gasteiger partial charge >= 0.3 is 0 Å². The highest BCUT2D eigenvalue weighted by Gasteiger charge is 2.45. The summed E-state index contributed by atoms with van der Waals surface area (Å²) in [5.41, 5.74) is 4.14. The van der Waals surface area contributed by atoms with Crippen LogP contribution in [0, 0.1) is 5.92 Å². The lowest BCUT2D eigenvalue weighted by Gasteiger charge is -2.30. The fourth-order valence-electron chi connectivity index (χ4n) is 5.17. The SMILES string of the molecule is CCn1cc(Cl)c(C(=O)N2N=C3/C(=C\c4ccccc4OC)CCCC3C2c2ccccc2OC)n1. The first-order valence-electron chi connectivity index (χ1n) is 12.2. The van der Waals surface area contributed by atoms with Gasteiger partial charge in [0.15, 0.2) is 5.69 Å². The Bertz CT molecular complexity index is 1350. The number of hydrazone groups is 1. The number of para-hydroxylation sites is 2. The molecule has 2 heterocycles. The molecule has 5 rings (SSSR count). The number of ether oxygens (including phenoxy) is 2. The van der Waals surface area contributed by atoms with Gasteiger partial charge in [-0.25, -0.2) is 5.01 Å². The number of hydrogen-bond acceptors (Lipinski definition) is 5. The summed E-state index contributed by atoms with van der Waals surface area (Å²) in [6.07, 6.45) is 6.58. The zero-order valence-corrected chi connectivity index (χ0v) is 21.4. The lowest BCUT2D eigenvalue weighted by Crippen LogP contribution is -2.32. The highest BCUT2D eigenvalue weighted by atomic mass is 35.5. The smallest absolute Gasteiger partial charge is 0.296 e. The number of hydrogen-bond donors (Lipinski definition) is 0. The second-order valence-corrected chi connectivity index (χ2v) is 9.32. The van der Waals surface area contributed by atoms with Crippen LogP contribution in [0.1, 0.15) is 53.8 Å². The Kier molecular flexibility index (Phi) is 6.83. The summed E-state index contributed by atoms with van der Waals surface area (Å²) in [6, 6.07) is 15.4. The van der Waals surface area contributed by atoms with Crippen LogP contribution in [0.25, 0.3) is 6.08 Å². The van der Waals surface area contributed by atoms with Gasteiger partial charge in [0.05, 0.1) is 31.0 Å². The molecule has 186 valence electrons. The molecule has 0 spiro atoms. The summed E-state index contributed by atoms with van der Waals surface area (Å²) in [5.74, 6) is 1.23. The Labute approximate surface area is 216 Å². The first-order chi connectivity index (χ1) is 17.5. The van der Waals surface area contributed by atoms with Gasteiger partial charge in [0.2, 0.25) is 0 Å². The number of amides is 1. The van der Waals surface area contributed by atoms with Crippen molar-refractivity contribution in [2.75, 3.05) is 14.2 Å². The molecule has 2 aromatic carbocycles. The van der Waals surface area contributed by atoms with Crippen molar-refractivity contribution in [2.24, 2.45) is 11.0 Å². The van der Waals surface area contributed by atoms with Crippen molar-refractivity contribution in [3.05, 3.63) is 82.1 Å². The van der Waals surface area contributed by atoms with E-state index in [9.17, 15) is 4.79 Å². The minimum atomic E-state index is -0.326. The van der Waals surface area contributed by atoms with E-state index in [4.69, 9.17) is 26.2 Å². The third-order valence-electron chi connectivity index (χ3n) is 6.88. The molecule has 2 atom stereocenters. The number of benzene rings is 2. The maximum atomic E-state index is 13.9. The van der Waals surface area contributed by atoms with E-state index in [0.29, 0.717) is 11.6 Å². The molecule has 1 amide bonds. The predicted molar refractivity (Wildman–Crippen MR) is 141 cm³/mol. The van der Waals surface area contributed by atoms with Crippen LogP contribution in [0.3, 0.4) is 0 Å². The van der Waals surface area contributed by atoms with Crippen LogP contribution in [-0.4, -0.2) is 40.6 Å². The van der Waals surface area contributed by atoms with Gasteiger partial charge in [-0.2, -0.15) is 10.2 Å². The number of carbonyl (C=O) groups is 1. The number of fused-ring (bicyclic) bond motifs is 1. The normalized spacial score (nSPS) is 20.3. The van der Waals surface area contributed by atoms with Crippen LogP contribution in [0.5, 0.6) is 11.5 Å². The molecule has 0 bridgehead atoms. The van der Waals surface area contributed by atoms with E-state index < -0.39 is 0 Å². The average Bonchev–Trinajstić information content (AvgIpc) is 3.49. The molecule has 1 fully saturated rings. The maximum Gasteiger partial charge on any atom is 0.296 e. The first kappa shape index (κ1) is 24.1. The second-order valence-electron chi connectivity index (χ2n) is 8.91. The van der Waals surface area contributed by atoms with Crippen LogP contribution in [0.15, 0.2) is 65.4 Å². The zero-order valence-electron chi connectivity index (χ0n) is 20.6. The highest BCUT2D eigenvalue weighted by Crippen LogP contribution is 2.47. The highest BCUT2D eigenvalue weighted by molar-refractivity contribution is 6.33. The Balaban J connectivity index is 1.63. The Hall–Kier alpha value is -3.58. The Morgan fingerprint density at radius 1 is 1.11 bits per heavy atom. The summed E-state index contributed by atoms with van der Waals surface area (Å²) >= 11 is 6.44. The van der Waals surface area contributed by atoms with Crippen molar-refractivity contribution >= 4 is 29.3 Å². The van der Waals surface area contributed by atoms with Gasteiger partial charge in [0.1, 0.15) is 11.5 Å². The molecule has 0 N–H and O–H groups in total. The summed E-state index contributed by atoms with van der Waals surface area (Å²) in [7, 11) is 3.32. The van der Waals surface area contributed by atoms with E-state index >= 15 is 0 Å². The van der Waals surface area contributed by atoms with Gasteiger partial charge in [-0.15, -0.1) is 0 Å². The summed E-state index contributed by atoms with van der Waals surface area (Å²) in [5, 5.41) is 11.3. The van der Waals surface area contributed by atoms with Gasteiger partial charge < -0.3 is 9.47 Å². The van der Waals surface area contributed by atoms with Crippen molar-refractivity contribution in [2.45, 2.75) is 38.8 Å². The molecule has 7 nitrogen and oxygen atoms in total. The predicted octanol–water partition coefficient (Wildman–Crippen LogP) is 6.01. The van der Waals surface area contributed by atoms with Gasteiger partial charge in [-0.1, -0.05) is 48.0 Å². The molecule has 1 aliphatic heterocycles. The number of aryl methyl sites for hydroxylation is 1. The number of carbonyl (C=O) groups excluding carboxylic acids is 1. The number of aromatic nitrogens is 2. The molecular formula is C28H29ClN4O3. The van der Waals surface area contributed by atoms with Crippen LogP contribution in [0.4, 0.5) is 0 Å².